The summed E-state index contributed by atoms with van der Waals surface area (Å²) in [6, 6.07) is 4.00. The molecule has 0 spiro atoms. The number of hydrogen-bond donors (Lipinski definition) is 2. The van der Waals surface area contributed by atoms with E-state index in [0.717, 1.165) is 23.7 Å². The zero-order valence-electron chi connectivity index (χ0n) is 10.3. The van der Waals surface area contributed by atoms with Crippen molar-refractivity contribution in [2.45, 2.75) is 19.6 Å². The van der Waals surface area contributed by atoms with E-state index < -0.39 is 0 Å². The summed E-state index contributed by atoms with van der Waals surface area (Å²) in [5.41, 5.74) is 1.14. The number of nitrogens with zero attached hydrogens (tertiary/aromatic N) is 1. The minimum absolute atomic E-state index is 0.0923. The quantitative estimate of drug-likeness (QED) is 0.779. The van der Waals surface area contributed by atoms with Crippen molar-refractivity contribution in [3.05, 3.63) is 23.9 Å². The van der Waals surface area contributed by atoms with Crippen LogP contribution >= 0.6 is 11.8 Å². The third-order valence-electron chi connectivity index (χ3n) is 2.06. The summed E-state index contributed by atoms with van der Waals surface area (Å²) in [5, 5.41) is 5.92. The molecule has 1 aromatic heterocycles. The first-order chi connectivity index (χ1) is 8.26. The van der Waals surface area contributed by atoms with E-state index in [2.05, 4.69) is 15.6 Å². The van der Waals surface area contributed by atoms with Gasteiger partial charge in [-0.05, 0) is 25.5 Å². The van der Waals surface area contributed by atoms with E-state index in [0.29, 0.717) is 12.3 Å². The van der Waals surface area contributed by atoms with Crippen molar-refractivity contribution >= 4 is 23.5 Å². The van der Waals surface area contributed by atoms with E-state index in [-0.39, 0.29) is 5.91 Å². The molecule has 1 aromatic rings. The molecule has 0 atom stereocenters. The first-order valence-corrected chi connectivity index (χ1v) is 6.95. The Morgan fingerprint density at radius 1 is 1.35 bits per heavy atom. The van der Waals surface area contributed by atoms with Crippen LogP contribution in [0.5, 0.6) is 0 Å². The van der Waals surface area contributed by atoms with Crippen molar-refractivity contribution in [2.75, 3.05) is 24.2 Å². The number of amides is 1. The highest BCUT2D eigenvalue weighted by Crippen LogP contribution is 2.12. The molecule has 4 nitrogen and oxygen atoms in total. The lowest BCUT2D eigenvalue weighted by atomic mass is 10.3. The number of carbonyl (C=O) groups excluding carboxylic acids is 1. The second kappa shape index (κ2) is 7.95. The van der Waals surface area contributed by atoms with Gasteiger partial charge in [0.2, 0.25) is 5.91 Å². The van der Waals surface area contributed by atoms with E-state index in [4.69, 9.17) is 0 Å². The van der Waals surface area contributed by atoms with Gasteiger partial charge in [-0.25, -0.2) is 4.98 Å². The van der Waals surface area contributed by atoms with Crippen molar-refractivity contribution in [3.8, 4) is 0 Å². The number of carbonyl (C=O) groups is 1. The van der Waals surface area contributed by atoms with Crippen molar-refractivity contribution in [1.82, 2.24) is 10.3 Å². The first-order valence-electron chi connectivity index (χ1n) is 5.79. The van der Waals surface area contributed by atoms with Crippen LogP contribution in [0.1, 0.15) is 19.4 Å². The van der Waals surface area contributed by atoms with E-state index in [1.165, 1.54) is 0 Å². The Morgan fingerprint density at radius 2 is 2.18 bits per heavy atom. The third kappa shape index (κ3) is 5.58. The maximum Gasteiger partial charge on any atom is 0.229 e. The predicted octanol–water partition coefficient (Wildman–Crippen LogP) is 1.88. The Kier molecular flexibility index (Phi) is 6.47. The standard InChI is InChI=1S/C12H19N3OS/c1-3-13-11-6-5-10(7-15-11)8-17-9-12(16)14-4-2/h5-7H,3-4,8-9H2,1-2H3,(H,13,15)(H,14,16). The predicted molar refractivity (Wildman–Crippen MR) is 73.2 cm³/mol. The third-order valence-corrected chi connectivity index (χ3v) is 3.06. The molecule has 1 heterocycles. The van der Waals surface area contributed by atoms with Crippen molar-refractivity contribution < 1.29 is 4.79 Å². The molecule has 0 aliphatic rings. The summed E-state index contributed by atoms with van der Waals surface area (Å²) < 4.78 is 0. The number of thioether (sulfide) groups is 1. The van der Waals surface area contributed by atoms with Gasteiger partial charge in [0.25, 0.3) is 0 Å². The molecular weight excluding hydrogens is 234 g/mol. The van der Waals surface area contributed by atoms with Crippen LogP contribution in [0.4, 0.5) is 5.82 Å². The Bertz CT molecular complexity index is 340. The number of nitrogens with one attached hydrogen (secondary N) is 2. The maximum atomic E-state index is 11.2. The Labute approximate surface area is 107 Å². The van der Waals surface area contributed by atoms with Crippen molar-refractivity contribution in [1.29, 1.82) is 0 Å². The van der Waals surface area contributed by atoms with Gasteiger partial charge in [0, 0.05) is 25.0 Å². The average molecular weight is 253 g/mol. The van der Waals surface area contributed by atoms with Crippen molar-refractivity contribution in [3.63, 3.8) is 0 Å². The van der Waals surface area contributed by atoms with Crippen molar-refractivity contribution in [2.24, 2.45) is 0 Å². The first kappa shape index (κ1) is 13.8. The summed E-state index contributed by atoms with van der Waals surface area (Å²) >= 11 is 1.60. The monoisotopic (exact) mass is 253 g/mol. The van der Waals surface area contributed by atoms with Crippen LogP contribution in [0, 0.1) is 0 Å². The lowest BCUT2D eigenvalue weighted by Crippen LogP contribution is -2.24. The smallest absolute Gasteiger partial charge is 0.229 e. The Morgan fingerprint density at radius 3 is 2.76 bits per heavy atom. The molecule has 2 N–H and O–H groups in total. The zero-order chi connectivity index (χ0) is 12.5. The van der Waals surface area contributed by atoms with E-state index >= 15 is 0 Å². The molecule has 0 saturated heterocycles. The molecule has 1 rings (SSSR count). The number of anilines is 1. The summed E-state index contributed by atoms with van der Waals surface area (Å²) in [5.74, 6) is 2.30. The van der Waals surface area contributed by atoms with Gasteiger partial charge in [0.15, 0.2) is 0 Å². The highest BCUT2D eigenvalue weighted by Gasteiger charge is 2.00. The number of rotatable bonds is 7. The fraction of sp³-hybridized carbons (Fsp3) is 0.500. The lowest BCUT2D eigenvalue weighted by molar-refractivity contribution is -0.118. The van der Waals surface area contributed by atoms with Gasteiger partial charge in [-0.2, -0.15) is 0 Å². The average Bonchev–Trinajstić information content (AvgIpc) is 2.32. The Balaban J connectivity index is 2.29. The van der Waals surface area contributed by atoms with E-state index in [1.54, 1.807) is 11.8 Å². The number of hydrogen-bond acceptors (Lipinski definition) is 4. The summed E-state index contributed by atoms with van der Waals surface area (Å²) in [7, 11) is 0. The van der Waals surface area contributed by atoms with Crippen LogP contribution in [0.25, 0.3) is 0 Å². The summed E-state index contributed by atoms with van der Waals surface area (Å²) in [4.78, 5) is 15.5. The molecule has 0 aliphatic carbocycles. The molecule has 0 aromatic carbocycles. The van der Waals surface area contributed by atoms with Gasteiger partial charge >= 0.3 is 0 Å². The van der Waals surface area contributed by atoms with Crippen LogP contribution in [-0.4, -0.2) is 29.7 Å². The van der Waals surface area contributed by atoms with Crippen LogP contribution in [0.15, 0.2) is 18.3 Å². The van der Waals surface area contributed by atoms with Gasteiger partial charge in [-0.3, -0.25) is 4.79 Å². The topological polar surface area (TPSA) is 54.0 Å². The highest BCUT2D eigenvalue weighted by atomic mass is 32.2. The molecule has 1 amide bonds. The van der Waals surface area contributed by atoms with Gasteiger partial charge in [-0.15, -0.1) is 11.8 Å². The second-order valence-electron chi connectivity index (χ2n) is 3.53. The Hall–Kier alpha value is -1.23. The van der Waals surface area contributed by atoms with E-state index in [1.807, 2.05) is 32.2 Å². The molecule has 0 fully saturated rings. The summed E-state index contributed by atoms with van der Waals surface area (Å²) in [6.07, 6.45) is 1.85. The minimum Gasteiger partial charge on any atom is -0.370 e. The molecule has 0 saturated carbocycles. The maximum absolute atomic E-state index is 11.2. The SMILES string of the molecule is CCNC(=O)CSCc1ccc(NCC)nc1. The molecule has 17 heavy (non-hydrogen) atoms. The molecule has 0 unspecified atom stereocenters. The zero-order valence-corrected chi connectivity index (χ0v) is 11.1. The van der Waals surface area contributed by atoms with Crippen LogP contribution < -0.4 is 10.6 Å². The van der Waals surface area contributed by atoms with Gasteiger partial charge < -0.3 is 10.6 Å². The highest BCUT2D eigenvalue weighted by molar-refractivity contribution is 7.99. The van der Waals surface area contributed by atoms with Gasteiger partial charge in [0.05, 0.1) is 5.75 Å². The summed E-state index contributed by atoms with van der Waals surface area (Å²) in [6.45, 7) is 5.53. The fourth-order valence-electron chi connectivity index (χ4n) is 1.31. The second-order valence-corrected chi connectivity index (χ2v) is 4.51. The van der Waals surface area contributed by atoms with E-state index in [9.17, 15) is 4.79 Å². The molecule has 0 radical (unpaired) electrons. The normalized spacial score (nSPS) is 10.0. The molecule has 0 aliphatic heterocycles. The van der Waals surface area contributed by atoms with Gasteiger partial charge in [-0.1, -0.05) is 6.07 Å². The van der Waals surface area contributed by atoms with Crippen LogP contribution in [0.3, 0.4) is 0 Å². The lowest BCUT2D eigenvalue weighted by Gasteiger charge is -2.04. The molecule has 0 bridgehead atoms. The van der Waals surface area contributed by atoms with Gasteiger partial charge in [0.1, 0.15) is 5.82 Å². The molecule has 94 valence electrons. The molecular formula is C12H19N3OS. The van der Waals surface area contributed by atoms with Crippen LogP contribution in [-0.2, 0) is 10.5 Å². The minimum atomic E-state index is 0.0923. The number of pyridine rings is 1. The largest absolute Gasteiger partial charge is 0.370 e. The van der Waals surface area contributed by atoms with Crippen LogP contribution in [0.2, 0.25) is 0 Å². The number of aromatic nitrogens is 1. The fourth-order valence-corrected chi connectivity index (χ4v) is 2.10. The molecule has 5 heteroatoms.